The fourth-order valence-corrected chi connectivity index (χ4v) is 3.64. The first-order valence-electron chi connectivity index (χ1n) is 9.01. The lowest BCUT2D eigenvalue weighted by Crippen LogP contribution is -2.45. The summed E-state index contributed by atoms with van der Waals surface area (Å²) in [6.07, 6.45) is 0. The lowest BCUT2D eigenvalue weighted by atomic mass is 10.0. The second-order valence-electron chi connectivity index (χ2n) is 6.91. The van der Waals surface area contributed by atoms with Crippen LogP contribution in [0.5, 0.6) is 11.5 Å². The Morgan fingerprint density at radius 2 is 1.62 bits per heavy atom. The Labute approximate surface area is 152 Å². The summed E-state index contributed by atoms with van der Waals surface area (Å²) in [5.41, 5.74) is 3.30. The van der Waals surface area contributed by atoms with Crippen LogP contribution in [0.1, 0.15) is 0 Å². The van der Waals surface area contributed by atoms with Crippen molar-refractivity contribution in [3.05, 3.63) is 48.5 Å². The maximum atomic E-state index is 5.54. The number of hydrogen-bond acceptors (Lipinski definition) is 5. The summed E-state index contributed by atoms with van der Waals surface area (Å²) in [5.74, 6) is 2.63. The number of aromatic nitrogens is 1. The number of anilines is 1. The molecule has 0 saturated carbocycles. The second-order valence-corrected chi connectivity index (χ2v) is 6.91. The average Bonchev–Trinajstić information content (AvgIpc) is 3.14. The molecule has 3 heterocycles. The van der Waals surface area contributed by atoms with Gasteiger partial charge in [0.1, 0.15) is 5.82 Å². The van der Waals surface area contributed by atoms with E-state index in [2.05, 4.69) is 47.2 Å². The highest BCUT2D eigenvalue weighted by Crippen LogP contribution is 2.39. The number of ether oxygens (including phenoxy) is 2. The Balaban J connectivity index is 1.68. The van der Waals surface area contributed by atoms with Crippen molar-refractivity contribution in [3.8, 4) is 22.6 Å². The van der Waals surface area contributed by atoms with E-state index in [1.54, 1.807) is 0 Å². The number of pyridine rings is 1. The minimum atomic E-state index is 0.280. The number of benzene rings is 2. The van der Waals surface area contributed by atoms with E-state index < -0.39 is 0 Å². The van der Waals surface area contributed by atoms with Crippen LogP contribution in [0.25, 0.3) is 22.0 Å². The maximum Gasteiger partial charge on any atom is 0.231 e. The Morgan fingerprint density at radius 1 is 0.885 bits per heavy atom. The number of hydrogen-bond donors (Lipinski definition) is 0. The molecule has 2 aliphatic rings. The molecule has 0 amide bonds. The van der Waals surface area contributed by atoms with Gasteiger partial charge in [-0.1, -0.05) is 30.3 Å². The molecule has 5 heteroatoms. The van der Waals surface area contributed by atoms with Crippen molar-refractivity contribution in [3.63, 3.8) is 0 Å². The topological polar surface area (TPSA) is 37.8 Å². The highest BCUT2D eigenvalue weighted by Gasteiger charge is 2.22. The van der Waals surface area contributed by atoms with Gasteiger partial charge in [-0.05, 0) is 24.7 Å². The number of fused-ring (bicyclic) bond motifs is 2. The van der Waals surface area contributed by atoms with Crippen LogP contribution in [0.3, 0.4) is 0 Å². The molecule has 26 heavy (non-hydrogen) atoms. The van der Waals surface area contributed by atoms with E-state index in [9.17, 15) is 0 Å². The summed E-state index contributed by atoms with van der Waals surface area (Å²) in [5, 5.41) is 1.07. The van der Waals surface area contributed by atoms with Crippen LogP contribution >= 0.6 is 0 Å². The summed E-state index contributed by atoms with van der Waals surface area (Å²) in [6.45, 7) is 4.35. The van der Waals surface area contributed by atoms with E-state index >= 15 is 0 Å². The number of piperazine rings is 1. The number of likely N-dealkylation sites (N-methyl/N-ethyl adjacent to an activating group) is 1. The summed E-state index contributed by atoms with van der Waals surface area (Å²) in [6, 6.07) is 16.8. The van der Waals surface area contributed by atoms with Gasteiger partial charge >= 0.3 is 0 Å². The lowest BCUT2D eigenvalue weighted by molar-refractivity contribution is 0.174. The first-order valence-corrected chi connectivity index (χ1v) is 9.01. The largest absolute Gasteiger partial charge is 0.454 e. The molecule has 0 bridgehead atoms. The predicted octanol–water partition coefficient (Wildman–Crippen LogP) is 3.38. The fraction of sp³-hybridized carbons (Fsp3) is 0.286. The SMILES string of the molecule is CN1CCN(c2nc3cc4c(cc3cc2-c2ccccc2)OCO4)CC1. The minimum Gasteiger partial charge on any atom is -0.454 e. The van der Waals surface area contributed by atoms with Crippen molar-refractivity contribution < 1.29 is 9.47 Å². The molecule has 0 unspecified atom stereocenters. The molecule has 1 aromatic heterocycles. The van der Waals surface area contributed by atoms with Crippen LogP contribution in [-0.4, -0.2) is 49.9 Å². The molecule has 3 aromatic rings. The van der Waals surface area contributed by atoms with Gasteiger partial charge in [0.25, 0.3) is 0 Å². The van der Waals surface area contributed by atoms with E-state index in [1.165, 1.54) is 11.1 Å². The van der Waals surface area contributed by atoms with Crippen LogP contribution in [0.2, 0.25) is 0 Å². The lowest BCUT2D eigenvalue weighted by Gasteiger charge is -2.34. The summed E-state index contributed by atoms with van der Waals surface area (Å²) in [7, 11) is 2.17. The third kappa shape index (κ3) is 2.65. The molecule has 2 aliphatic heterocycles. The van der Waals surface area contributed by atoms with Gasteiger partial charge in [-0.25, -0.2) is 4.98 Å². The van der Waals surface area contributed by atoms with Gasteiger partial charge in [0, 0.05) is 43.2 Å². The van der Waals surface area contributed by atoms with E-state index in [0.29, 0.717) is 0 Å². The van der Waals surface area contributed by atoms with Crippen LogP contribution < -0.4 is 14.4 Å². The van der Waals surface area contributed by atoms with Crippen LogP contribution in [0.15, 0.2) is 48.5 Å². The first kappa shape index (κ1) is 15.5. The van der Waals surface area contributed by atoms with Crippen LogP contribution in [0, 0.1) is 0 Å². The van der Waals surface area contributed by atoms with Crippen molar-refractivity contribution in [1.29, 1.82) is 0 Å². The monoisotopic (exact) mass is 347 g/mol. The molecule has 132 valence electrons. The zero-order valence-corrected chi connectivity index (χ0v) is 14.8. The Bertz CT molecular complexity index is 950. The minimum absolute atomic E-state index is 0.280. The van der Waals surface area contributed by atoms with Gasteiger partial charge in [0.05, 0.1) is 5.52 Å². The van der Waals surface area contributed by atoms with Gasteiger partial charge in [-0.3, -0.25) is 0 Å². The number of nitrogens with zero attached hydrogens (tertiary/aromatic N) is 3. The molecule has 0 N–H and O–H groups in total. The smallest absolute Gasteiger partial charge is 0.231 e. The molecule has 0 spiro atoms. The fourth-order valence-electron chi connectivity index (χ4n) is 3.64. The van der Waals surface area contributed by atoms with E-state index in [1.807, 2.05) is 18.2 Å². The van der Waals surface area contributed by atoms with E-state index in [0.717, 1.165) is 54.4 Å². The molecule has 1 fully saturated rings. The van der Waals surface area contributed by atoms with E-state index in [4.69, 9.17) is 14.5 Å². The summed E-state index contributed by atoms with van der Waals surface area (Å²) in [4.78, 5) is 9.80. The van der Waals surface area contributed by atoms with Crippen molar-refractivity contribution >= 4 is 16.7 Å². The Morgan fingerprint density at radius 3 is 2.38 bits per heavy atom. The molecule has 5 rings (SSSR count). The summed E-state index contributed by atoms with van der Waals surface area (Å²) < 4.78 is 11.1. The zero-order valence-electron chi connectivity index (χ0n) is 14.8. The maximum absolute atomic E-state index is 5.54. The van der Waals surface area contributed by atoms with Crippen LogP contribution in [0.4, 0.5) is 5.82 Å². The van der Waals surface area contributed by atoms with Gasteiger partial charge < -0.3 is 19.3 Å². The highest BCUT2D eigenvalue weighted by molar-refractivity contribution is 5.91. The molecular weight excluding hydrogens is 326 g/mol. The second kappa shape index (κ2) is 6.18. The zero-order chi connectivity index (χ0) is 17.5. The molecular formula is C21H21N3O2. The third-order valence-electron chi connectivity index (χ3n) is 5.18. The van der Waals surface area contributed by atoms with Crippen molar-refractivity contribution in [2.45, 2.75) is 0 Å². The van der Waals surface area contributed by atoms with E-state index in [-0.39, 0.29) is 6.79 Å². The normalized spacial score (nSPS) is 17.0. The molecule has 2 aromatic carbocycles. The van der Waals surface area contributed by atoms with Crippen molar-refractivity contribution in [2.24, 2.45) is 0 Å². The average molecular weight is 347 g/mol. The van der Waals surface area contributed by atoms with Gasteiger partial charge in [-0.15, -0.1) is 0 Å². The van der Waals surface area contributed by atoms with Crippen LogP contribution in [-0.2, 0) is 0 Å². The van der Waals surface area contributed by atoms with Gasteiger partial charge in [0.2, 0.25) is 6.79 Å². The standard InChI is InChI=1S/C21H21N3O2/c1-23-7-9-24(10-8-23)21-17(15-5-3-2-4-6-15)11-16-12-19-20(26-14-25-19)13-18(16)22-21/h2-6,11-13H,7-10,14H2,1H3. The van der Waals surface area contributed by atoms with Gasteiger partial charge in [-0.2, -0.15) is 0 Å². The molecule has 0 atom stereocenters. The highest BCUT2D eigenvalue weighted by atomic mass is 16.7. The Hall–Kier alpha value is -2.79. The predicted molar refractivity (Wildman–Crippen MR) is 103 cm³/mol. The third-order valence-corrected chi connectivity index (χ3v) is 5.18. The molecule has 5 nitrogen and oxygen atoms in total. The number of rotatable bonds is 2. The van der Waals surface area contributed by atoms with Crippen molar-refractivity contribution in [1.82, 2.24) is 9.88 Å². The quantitative estimate of drug-likeness (QED) is 0.710. The molecule has 0 radical (unpaired) electrons. The van der Waals surface area contributed by atoms with Gasteiger partial charge in [0.15, 0.2) is 11.5 Å². The molecule has 0 aliphatic carbocycles. The first-order chi connectivity index (χ1) is 12.8. The summed E-state index contributed by atoms with van der Waals surface area (Å²) >= 11 is 0. The van der Waals surface area contributed by atoms with Crippen molar-refractivity contribution in [2.75, 3.05) is 44.9 Å². The Kier molecular flexibility index (Phi) is 3.68. The molecule has 1 saturated heterocycles.